The molecule has 1 heterocycles. The highest BCUT2D eigenvalue weighted by Crippen LogP contribution is 2.20. The molecule has 3 aromatic rings. The van der Waals surface area contributed by atoms with Crippen LogP contribution in [0.1, 0.15) is 11.1 Å². The van der Waals surface area contributed by atoms with Gasteiger partial charge in [-0.2, -0.15) is 0 Å². The summed E-state index contributed by atoms with van der Waals surface area (Å²) in [6, 6.07) is 18.7. The molecule has 1 N–H and O–H groups in total. The molecule has 0 amide bonds. The van der Waals surface area contributed by atoms with Gasteiger partial charge in [-0.3, -0.25) is 5.10 Å². The number of aryl methyl sites for hydroxylation is 2. The van der Waals surface area contributed by atoms with Gasteiger partial charge in [-0.15, -0.1) is 0 Å². The Hall–Kier alpha value is -2.13. The lowest BCUT2D eigenvalue weighted by atomic mass is 10.1. The van der Waals surface area contributed by atoms with Crippen molar-refractivity contribution in [2.45, 2.75) is 13.8 Å². The molecule has 0 saturated carbocycles. The van der Waals surface area contributed by atoms with Crippen LogP contribution >= 0.6 is 12.2 Å². The van der Waals surface area contributed by atoms with E-state index in [9.17, 15) is 0 Å². The molecule has 20 heavy (non-hydrogen) atoms. The Morgan fingerprint density at radius 3 is 2.20 bits per heavy atom. The van der Waals surface area contributed by atoms with Gasteiger partial charge in [0.1, 0.15) is 4.64 Å². The predicted molar refractivity (Wildman–Crippen MR) is 85.9 cm³/mol. The van der Waals surface area contributed by atoms with E-state index in [4.69, 9.17) is 12.2 Å². The Labute approximate surface area is 123 Å². The molecule has 100 valence electrons. The third kappa shape index (κ3) is 2.45. The van der Waals surface area contributed by atoms with Crippen LogP contribution in [0.15, 0.2) is 54.6 Å². The standard InChI is InChI=1S/C17H16N2S/c1-12-8-13(2)10-15(9-12)19-17(20)11-16(18-19)14-6-4-3-5-7-14/h3-11,18H,1-2H3. The average molecular weight is 280 g/mol. The zero-order valence-corrected chi connectivity index (χ0v) is 12.4. The summed E-state index contributed by atoms with van der Waals surface area (Å²) in [6.07, 6.45) is 0. The van der Waals surface area contributed by atoms with Crippen molar-refractivity contribution in [1.82, 2.24) is 9.78 Å². The fraction of sp³-hybridized carbons (Fsp3) is 0.118. The molecule has 0 aliphatic heterocycles. The molecule has 0 saturated heterocycles. The number of hydrogen-bond donors (Lipinski definition) is 1. The summed E-state index contributed by atoms with van der Waals surface area (Å²) in [4.78, 5) is 0. The number of benzene rings is 2. The van der Waals surface area contributed by atoms with Crippen LogP contribution in [-0.2, 0) is 0 Å². The summed E-state index contributed by atoms with van der Waals surface area (Å²) in [5, 5.41) is 3.38. The van der Waals surface area contributed by atoms with Crippen molar-refractivity contribution in [1.29, 1.82) is 0 Å². The molecule has 0 fully saturated rings. The van der Waals surface area contributed by atoms with E-state index in [2.05, 4.69) is 49.3 Å². The topological polar surface area (TPSA) is 20.7 Å². The smallest absolute Gasteiger partial charge is 0.128 e. The first-order valence-electron chi connectivity index (χ1n) is 6.60. The third-order valence-corrected chi connectivity index (χ3v) is 3.57. The van der Waals surface area contributed by atoms with Gasteiger partial charge in [0.05, 0.1) is 11.4 Å². The molecule has 3 heteroatoms. The maximum atomic E-state index is 5.47. The van der Waals surface area contributed by atoms with E-state index in [-0.39, 0.29) is 0 Å². The van der Waals surface area contributed by atoms with Crippen molar-refractivity contribution in [2.24, 2.45) is 0 Å². The van der Waals surface area contributed by atoms with Crippen molar-refractivity contribution >= 4 is 12.2 Å². The van der Waals surface area contributed by atoms with Crippen LogP contribution in [0.4, 0.5) is 0 Å². The Morgan fingerprint density at radius 1 is 0.900 bits per heavy atom. The fourth-order valence-electron chi connectivity index (χ4n) is 2.43. The number of nitrogens with zero attached hydrogens (tertiary/aromatic N) is 1. The zero-order chi connectivity index (χ0) is 14.1. The molecular formula is C17H16N2S. The summed E-state index contributed by atoms with van der Waals surface area (Å²) < 4.78 is 2.74. The van der Waals surface area contributed by atoms with Crippen molar-refractivity contribution in [2.75, 3.05) is 0 Å². The first-order valence-corrected chi connectivity index (χ1v) is 7.00. The maximum Gasteiger partial charge on any atom is 0.128 e. The van der Waals surface area contributed by atoms with Crippen LogP contribution in [0, 0.1) is 18.5 Å². The predicted octanol–water partition coefficient (Wildman–Crippen LogP) is 4.82. The van der Waals surface area contributed by atoms with Gasteiger partial charge in [-0.1, -0.05) is 48.6 Å². The van der Waals surface area contributed by atoms with Gasteiger partial charge in [0, 0.05) is 6.07 Å². The van der Waals surface area contributed by atoms with Crippen molar-refractivity contribution in [3.63, 3.8) is 0 Å². The number of aromatic amines is 1. The minimum absolute atomic E-state index is 0.786. The summed E-state index contributed by atoms with van der Waals surface area (Å²) >= 11 is 5.47. The van der Waals surface area contributed by atoms with Crippen LogP contribution in [0.25, 0.3) is 16.9 Å². The maximum absolute atomic E-state index is 5.47. The van der Waals surface area contributed by atoms with Crippen molar-refractivity contribution < 1.29 is 0 Å². The summed E-state index contributed by atoms with van der Waals surface area (Å²) in [5.41, 5.74) is 5.72. The molecule has 0 bridgehead atoms. The number of nitrogens with one attached hydrogen (secondary N) is 1. The lowest BCUT2D eigenvalue weighted by Crippen LogP contribution is -1.97. The SMILES string of the molecule is Cc1cc(C)cc(-n2[nH]c(-c3ccccc3)cc2=S)c1. The van der Waals surface area contributed by atoms with E-state index >= 15 is 0 Å². The van der Waals surface area contributed by atoms with E-state index in [0.717, 1.165) is 21.6 Å². The Kier molecular flexibility index (Phi) is 3.28. The third-order valence-electron chi connectivity index (χ3n) is 3.27. The Balaban J connectivity index is 2.12. The second-order valence-corrected chi connectivity index (χ2v) is 5.47. The first kappa shape index (κ1) is 12.9. The molecule has 0 aliphatic rings. The average Bonchev–Trinajstić information content (AvgIpc) is 2.81. The molecule has 2 nitrogen and oxygen atoms in total. The van der Waals surface area contributed by atoms with Crippen LogP contribution in [0.5, 0.6) is 0 Å². The minimum Gasteiger partial charge on any atom is -0.292 e. The zero-order valence-electron chi connectivity index (χ0n) is 11.6. The van der Waals surface area contributed by atoms with Crippen molar-refractivity contribution in [3.05, 3.63) is 70.4 Å². The van der Waals surface area contributed by atoms with Crippen LogP contribution in [0.2, 0.25) is 0 Å². The van der Waals surface area contributed by atoms with E-state index in [0.29, 0.717) is 0 Å². The van der Waals surface area contributed by atoms with Gasteiger partial charge >= 0.3 is 0 Å². The van der Waals surface area contributed by atoms with E-state index < -0.39 is 0 Å². The van der Waals surface area contributed by atoms with Gasteiger partial charge in [-0.25, -0.2) is 4.68 Å². The lowest BCUT2D eigenvalue weighted by Gasteiger charge is -2.06. The fourth-order valence-corrected chi connectivity index (χ4v) is 2.70. The van der Waals surface area contributed by atoms with Gasteiger partial charge in [-0.05, 0) is 42.7 Å². The summed E-state index contributed by atoms with van der Waals surface area (Å²) in [6.45, 7) is 4.20. The Morgan fingerprint density at radius 2 is 1.55 bits per heavy atom. The number of rotatable bonds is 2. The van der Waals surface area contributed by atoms with Crippen molar-refractivity contribution in [3.8, 4) is 16.9 Å². The highest BCUT2D eigenvalue weighted by molar-refractivity contribution is 7.71. The first-order chi connectivity index (χ1) is 9.63. The molecule has 3 rings (SSSR count). The van der Waals surface area contributed by atoms with Crippen LogP contribution in [0.3, 0.4) is 0 Å². The highest BCUT2D eigenvalue weighted by atomic mass is 32.1. The normalized spacial score (nSPS) is 10.7. The monoisotopic (exact) mass is 280 g/mol. The molecule has 0 radical (unpaired) electrons. The molecule has 1 aromatic heterocycles. The van der Waals surface area contributed by atoms with E-state index in [1.54, 1.807) is 0 Å². The number of hydrogen-bond acceptors (Lipinski definition) is 1. The second kappa shape index (κ2) is 5.10. The largest absolute Gasteiger partial charge is 0.292 e. The summed E-state index contributed by atoms with van der Waals surface area (Å²) in [5.74, 6) is 0. The van der Waals surface area contributed by atoms with Crippen LogP contribution in [-0.4, -0.2) is 9.78 Å². The molecule has 2 aromatic carbocycles. The molecule has 0 atom stereocenters. The van der Waals surface area contributed by atoms with E-state index in [1.165, 1.54) is 11.1 Å². The minimum atomic E-state index is 0.786. The Bertz CT molecular complexity index is 777. The van der Waals surface area contributed by atoms with Gasteiger partial charge in [0.25, 0.3) is 0 Å². The van der Waals surface area contributed by atoms with Gasteiger partial charge in [0.2, 0.25) is 0 Å². The van der Waals surface area contributed by atoms with Gasteiger partial charge < -0.3 is 0 Å². The molecule has 0 spiro atoms. The lowest BCUT2D eigenvalue weighted by molar-refractivity contribution is 0.870. The highest BCUT2D eigenvalue weighted by Gasteiger charge is 2.05. The summed E-state index contributed by atoms with van der Waals surface area (Å²) in [7, 11) is 0. The van der Waals surface area contributed by atoms with Crippen LogP contribution < -0.4 is 0 Å². The number of H-pyrrole nitrogens is 1. The quantitative estimate of drug-likeness (QED) is 0.667. The van der Waals surface area contributed by atoms with Gasteiger partial charge in [0.15, 0.2) is 0 Å². The second-order valence-electron chi connectivity index (χ2n) is 5.06. The number of aromatic nitrogens is 2. The molecule has 0 aliphatic carbocycles. The molecule has 0 unspecified atom stereocenters. The van der Waals surface area contributed by atoms with E-state index in [1.807, 2.05) is 28.9 Å². The molecular weight excluding hydrogens is 264 g/mol.